The third-order valence-corrected chi connectivity index (χ3v) is 1.88. The molecule has 0 atom stereocenters. The lowest BCUT2D eigenvalue weighted by atomic mass is 10.1. The predicted octanol–water partition coefficient (Wildman–Crippen LogP) is 1.30. The Morgan fingerprint density at radius 2 is 2.33 bits per heavy atom. The van der Waals surface area contributed by atoms with Crippen LogP contribution in [-0.2, 0) is 6.42 Å². The molecule has 0 aliphatic carbocycles. The van der Waals surface area contributed by atoms with Crippen LogP contribution < -0.4 is 11.3 Å². The highest BCUT2D eigenvalue weighted by molar-refractivity contribution is 5.44. The van der Waals surface area contributed by atoms with E-state index < -0.39 is 0 Å². The number of pyridine rings is 1. The molecule has 0 bridgehead atoms. The van der Waals surface area contributed by atoms with Gasteiger partial charge in [-0.1, -0.05) is 13.3 Å². The Bertz CT molecular complexity index is 304. The van der Waals surface area contributed by atoms with Crippen molar-refractivity contribution in [3.8, 4) is 0 Å². The average Bonchev–Trinajstić information content (AvgIpc) is 2.04. The molecule has 1 aromatic heterocycles. The Morgan fingerprint density at radius 3 is 2.92 bits per heavy atom. The van der Waals surface area contributed by atoms with Gasteiger partial charge in [-0.2, -0.15) is 0 Å². The molecule has 0 radical (unpaired) electrons. The second-order valence-electron chi connectivity index (χ2n) is 2.84. The summed E-state index contributed by atoms with van der Waals surface area (Å²) in [5.41, 5.74) is 6.92. The number of hydrogen-bond donors (Lipinski definition) is 2. The summed E-state index contributed by atoms with van der Waals surface area (Å²) in [6.07, 6.45) is 4.44. The summed E-state index contributed by atoms with van der Waals surface area (Å²) < 4.78 is 0. The minimum absolute atomic E-state index is 0.0524. The molecule has 0 aliphatic heterocycles. The maximum absolute atomic E-state index is 11.2. The summed E-state index contributed by atoms with van der Waals surface area (Å²) >= 11 is 0. The van der Waals surface area contributed by atoms with Gasteiger partial charge in [-0.15, -0.1) is 0 Å². The first-order valence-corrected chi connectivity index (χ1v) is 4.21. The van der Waals surface area contributed by atoms with Gasteiger partial charge >= 0.3 is 0 Å². The van der Waals surface area contributed by atoms with E-state index in [1.165, 1.54) is 0 Å². The van der Waals surface area contributed by atoms with Crippen LogP contribution in [0.3, 0.4) is 0 Å². The molecule has 3 heteroatoms. The quantitative estimate of drug-likeness (QED) is 0.711. The molecule has 1 aromatic rings. The molecule has 3 N–H and O–H groups in total. The maximum atomic E-state index is 11.2. The van der Waals surface area contributed by atoms with E-state index in [1.807, 2.05) is 0 Å². The van der Waals surface area contributed by atoms with E-state index in [2.05, 4.69) is 11.9 Å². The van der Waals surface area contributed by atoms with Gasteiger partial charge in [0.05, 0.1) is 0 Å². The number of aromatic amines is 1. The SMILES string of the molecule is CCCCc1c(N)cc[nH]c1=O. The van der Waals surface area contributed by atoms with E-state index >= 15 is 0 Å². The molecule has 66 valence electrons. The highest BCUT2D eigenvalue weighted by atomic mass is 16.1. The Kier molecular flexibility index (Phi) is 2.91. The van der Waals surface area contributed by atoms with Crippen LogP contribution in [0, 0.1) is 0 Å². The maximum Gasteiger partial charge on any atom is 0.253 e. The largest absolute Gasteiger partial charge is 0.398 e. The van der Waals surface area contributed by atoms with Crippen molar-refractivity contribution >= 4 is 5.69 Å². The predicted molar refractivity (Wildman–Crippen MR) is 50.1 cm³/mol. The second-order valence-corrected chi connectivity index (χ2v) is 2.84. The van der Waals surface area contributed by atoms with Crippen molar-refractivity contribution in [3.63, 3.8) is 0 Å². The third-order valence-electron chi connectivity index (χ3n) is 1.88. The minimum Gasteiger partial charge on any atom is -0.398 e. The van der Waals surface area contributed by atoms with Crippen molar-refractivity contribution in [1.29, 1.82) is 0 Å². The topological polar surface area (TPSA) is 58.9 Å². The molecule has 0 saturated carbocycles. The standard InChI is InChI=1S/C9H14N2O/c1-2-3-4-7-8(10)5-6-11-9(7)12/h5-6H,2-4H2,1H3,(H3,10,11,12). The van der Waals surface area contributed by atoms with Crippen molar-refractivity contribution in [3.05, 3.63) is 28.2 Å². The van der Waals surface area contributed by atoms with Crippen molar-refractivity contribution in [2.75, 3.05) is 5.73 Å². The van der Waals surface area contributed by atoms with Crippen LogP contribution in [0.15, 0.2) is 17.1 Å². The first-order valence-electron chi connectivity index (χ1n) is 4.21. The lowest BCUT2D eigenvalue weighted by molar-refractivity contribution is 0.788. The van der Waals surface area contributed by atoms with Crippen LogP contribution in [0.1, 0.15) is 25.3 Å². The van der Waals surface area contributed by atoms with Gasteiger partial charge in [0.15, 0.2) is 0 Å². The fourth-order valence-electron chi connectivity index (χ4n) is 1.14. The van der Waals surface area contributed by atoms with Gasteiger partial charge in [0.25, 0.3) is 5.56 Å². The van der Waals surface area contributed by atoms with E-state index in [1.54, 1.807) is 12.3 Å². The van der Waals surface area contributed by atoms with E-state index in [-0.39, 0.29) is 5.56 Å². The molecular weight excluding hydrogens is 152 g/mol. The van der Waals surface area contributed by atoms with Crippen molar-refractivity contribution < 1.29 is 0 Å². The Morgan fingerprint density at radius 1 is 1.58 bits per heavy atom. The van der Waals surface area contributed by atoms with Crippen LogP contribution in [0.5, 0.6) is 0 Å². The van der Waals surface area contributed by atoms with Crippen molar-refractivity contribution in [2.24, 2.45) is 0 Å². The van der Waals surface area contributed by atoms with Gasteiger partial charge in [0.1, 0.15) is 0 Å². The van der Waals surface area contributed by atoms with Crippen LogP contribution >= 0.6 is 0 Å². The van der Waals surface area contributed by atoms with Gasteiger partial charge < -0.3 is 10.7 Å². The third kappa shape index (κ3) is 1.87. The Hall–Kier alpha value is -1.25. The second kappa shape index (κ2) is 3.95. The van der Waals surface area contributed by atoms with Gasteiger partial charge in [0.2, 0.25) is 0 Å². The van der Waals surface area contributed by atoms with Crippen LogP contribution in [0.25, 0.3) is 0 Å². The van der Waals surface area contributed by atoms with Gasteiger partial charge in [-0.3, -0.25) is 4.79 Å². The van der Waals surface area contributed by atoms with Crippen LogP contribution in [-0.4, -0.2) is 4.98 Å². The van der Waals surface area contributed by atoms with E-state index in [0.717, 1.165) is 24.8 Å². The molecule has 3 nitrogen and oxygen atoms in total. The Balaban J connectivity index is 2.89. The molecule has 1 rings (SSSR count). The molecule has 12 heavy (non-hydrogen) atoms. The highest BCUT2D eigenvalue weighted by Gasteiger charge is 2.01. The fraction of sp³-hybridized carbons (Fsp3) is 0.444. The number of aromatic nitrogens is 1. The zero-order valence-electron chi connectivity index (χ0n) is 7.26. The summed E-state index contributed by atoms with van der Waals surface area (Å²) in [7, 11) is 0. The summed E-state index contributed by atoms with van der Waals surface area (Å²) in [5, 5.41) is 0. The first-order chi connectivity index (χ1) is 5.75. The summed E-state index contributed by atoms with van der Waals surface area (Å²) in [6, 6.07) is 1.73. The van der Waals surface area contributed by atoms with E-state index in [0.29, 0.717) is 5.69 Å². The monoisotopic (exact) mass is 166 g/mol. The number of H-pyrrole nitrogens is 1. The fourth-order valence-corrected chi connectivity index (χ4v) is 1.14. The molecule has 0 aromatic carbocycles. The van der Waals surface area contributed by atoms with Crippen molar-refractivity contribution in [2.45, 2.75) is 26.2 Å². The lowest BCUT2D eigenvalue weighted by Crippen LogP contribution is -2.14. The van der Waals surface area contributed by atoms with Gasteiger partial charge in [-0.25, -0.2) is 0 Å². The highest BCUT2D eigenvalue weighted by Crippen LogP contribution is 2.07. The normalized spacial score (nSPS) is 10.1. The molecule has 0 fully saturated rings. The molecule has 0 saturated heterocycles. The number of anilines is 1. The first kappa shape index (κ1) is 8.84. The average molecular weight is 166 g/mol. The minimum atomic E-state index is -0.0524. The smallest absolute Gasteiger partial charge is 0.253 e. The number of nitrogen functional groups attached to an aromatic ring is 1. The summed E-state index contributed by atoms with van der Waals surface area (Å²) in [5.74, 6) is 0. The number of rotatable bonds is 3. The van der Waals surface area contributed by atoms with E-state index in [4.69, 9.17) is 5.73 Å². The molecule has 0 amide bonds. The molecule has 0 aliphatic rings. The Labute approximate surface area is 71.6 Å². The number of nitrogens with two attached hydrogens (primary N) is 1. The van der Waals surface area contributed by atoms with Crippen molar-refractivity contribution in [1.82, 2.24) is 4.98 Å². The number of unbranched alkanes of at least 4 members (excludes halogenated alkanes) is 1. The van der Waals surface area contributed by atoms with Crippen LogP contribution in [0.2, 0.25) is 0 Å². The lowest BCUT2D eigenvalue weighted by Gasteiger charge is -2.01. The zero-order valence-corrected chi connectivity index (χ0v) is 7.26. The number of nitrogens with one attached hydrogen (secondary N) is 1. The molecule has 1 heterocycles. The molecular formula is C9H14N2O. The summed E-state index contributed by atoms with van der Waals surface area (Å²) in [6.45, 7) is 2.09. The van der Waals surface area contributed by atoms with Crippen LogP contribution in [0.4, 0.5) is 5.69 Å². The molecule has 0 spiro atoms. The van der Waals surface area contributed by atoms with E-state index in [9.17, 15) is 4.79 Å². The summed E-state index contributed by atoms with van der Waals surface area (Å²) in [4.78, 5) is 13.8. The molecule has 0 unspecified atom stereocenters. The van der Waals surface area contributed by atoms with Gasteiger partial charge in [-0.05, 0) is 18.9 Å². The number of hydrogen-bond acceptors (Lipinski definition) is 2. The van der Waals surface area contributed by atoms with Gasteiger partial charge in [0, 0.05) is 17.4 Å². The zero-order chi connectivity index (χ0) is 8.97.